The average molecular weight is 228 g/mol. The summed E-state index contributed by atoms with van der Waals surface area (Å²) in [5.41, 5.74) is 8.88. The molecule has 17 heavy (non-hydrogen) atoms. The van der Waals surface area contributed by atoms with Gasteiger partial charge in [0.25, 0.3) is 0 Å². The molecule has 88 valence electrons. The first-order valence-corrected chi connectivity index (χ1v) is 5.89. The summed E-state index contributed by atoms with van der Waals surface area (Å²) in [6.07, 6.45) is 3.18. The Bertz CT molecular complexity index is 527. The lowest BCUT2D eigenvalue weighted by Crippen LogP contribution is -2.23. The fraction of sp³-hybridized carbons (Fsp3) is 0.308. The van der Waals surface area contributed by atoms with Crippen LogP contribution in [0.2, 0.25) is 0 Å². The Labute approximate surface area is 100 Å². The van der Waals surface area contributed by atoms with E-state index in [0.717, 1.165) is 30.3 Å². The highest BCUT2D eigenvalue weighted by Crippen LogP contribution is 2.29. The number of rotatable bonds is 1. The van der Waals surface area contributed by atoms with Crippen molar-refractivity contribution in [3.8, 4) is 0 Å². The third-order valence-electron chi connectivity index (χ3n) is 3.21. The van der Waals surface area contributed by atoms with Crippen LogP contribution in [0, 0.1) is 6.92 Å². The maximum Gasteiger partial charge on any atom is 0.203 e. The highest BCUT2D eigenvalue weighted by Gasteiger charge is 2.21. The van der Waals surface area contributed by atoms with Gasteiger partial charge in [0.05, 0.1) is 11.7 Å². The molecule has 1 aromatic heterocycles. The fourth-order valence-electron chi connectivity index (χ4n) is 2.39. The van der Waals surface area contributed by atoms with Crippen LogP contribution < -0.4 is 11.1 Å². The molecule has 0 saturated carbocycles. The minimum absolute atomic E-state index is 0.369. The van der Waals surface area contributed by atoms with Crippen LogP contribution in [0.1, 0.15) is 23.7 Å². The number of imidazole rings is 1. The Morgan fingerprint density at radius 2 is 2.12 bits per heavy atom. The van der Waals surface area contributed by atoms with E-state index in [-0.39, 0.29) is 0 Å². The van der Waals surface area contributed by atoms with Gasteiger partial charge in [-0.3, -0.25) is 0 Å². The Balaban J connectivity index is 2.02. The van der Waals surface area contributed by atoms with E-state index in [0.29, 0.717) is 6.04 Å². The molecule has 3 rings (SSSR count). The molecular formula is C13H16N4. The van der Waals surface area contributed by atoms with Crippen LogP contribution in [0.4, 0.5) is 11.6 Å². The molecule has 2 heterocycles. The first-order chi connectivity index (χ1) is 8.24. The van der Waals surface area contributed by atoms with Gasteiger partial charge < -0.3 is 15.6 Å². The molecule has 0 bridgehead atoms. The van der Waals surface area contributed by atoms with Crippen molar-refractivity contribution in [1.29, 1.82) is 0 Å². The van der Waals surface area contributed by atoms with E-state index in [9.17, 15) is 0 Å². The van der Waals surface area contributed by atoms with E-state index in [1.54, 1.807) is 0 Å². The summed E-state index contributed by atoms with van der Waals surface area (Å²) in [4.78, 5) is 4.47. The number of aryl methyl sites for hydroxylation is 1. The topological polar surface area (TPSA) is 55.9 Å². The van der Waals surface area contributed by atoms with Gasteiger partial charge in [-0.1, -0.05) is 12.1 Å². The van der Waals surface area contributed by atoms with Crippen molar-refractivity contribution in [2.45, 2.75) is 19.4 Å². The van der Waals surface area contributed by atoms with E-state index >= 15 is 0 Å². The molecule has 0 amide bonds. The van der Waals surface area contributed by atoms with Crippen LogP contribution in [0.25, 0.3) is 0 Å². The van der Waals surface area contributed by atoms with Crippen LogP contribution in [0.15, 0.2) is 30.5 Å². The van der Waals surface area contributed by atoms with E-state index < -0.39 is 0 Å². The van der Waals surface area contributed by atoms with Crippen molar-refractivity contribution in [1.82, 2.24) is 9.55 Å². The van der Waals surface area contributed by atoms with Gasteiger partial charge in [0.15, 0.2) is 0 Å². The Kier molecular flexibility index (Phi) is 2.28. The zero-order valence-electron chi connectivity index (χ0n) is 9.85. The third-order valence-corrected chi connectivity index (χ3v) is 3.21. The van der Waals surface area contributed by atoms with Gasteiger partial charge >= 0.3 is 0 Å². The summed E-state index contributed by atoms with van der Waals surface area (Å²) in [5, 5.41) is 3.32. The monoisotopic (exact) mass is 228 g/mol. The third kappa shape index (κ3) is 1.75. The molecule has 0 radical (unpaired) electrons. The second-order valence-electron chi connectivity index (χ2n) is 4.51. The Morgan fingerprint density at radius 3 is 2.88 bits per heavy atom. The van der Waals surface area contributed by atoms with Crippen molar-refractivity contribution in [2.75, 3.05) is 17.6 Å². The molecule has 1 unspecified atom stereocenters. The molecular weight excluding hydrogens is 212 g/mol. The van der Waals surface area contributed by atoms with Crippen molar-refractivity contribution in [2.24, 2.45) is 0 Å². The second-order valence-corrected chi connectivity index (χ2v) is 4.51. The predicted octanol–water partition coefficient (Wildman–Crippen LogP) is 2.18. The van der Waals surface area contributed by atoms with E-state index in [2.05, 4.69) is 33.2 Å². The van der Waals surface area contributed by atoms with Crippen molar-refractivity contribution in [3.05, 3.63) is 41.7 Å². The zero-order chi connectivity index (χ0) is 11.8. The number of nitrogens with one attached hydrogen (secondary N) is 1. The van der Waals surface area contributed by atoms with Crippen LogP contribution in [-0.2, 0) is 0 Å². The number of hydrogen-bond acceptors (Lipinski definition) is 3. The summed E-state index contributed by atoms with van der Waals surface area (Å²) in [7, 11) is 0. The molecule has 0 aliphatic carbocycles. The lowest BCUT2D eigenvalue weighted by Gasteiger charge is -2.26. The number of fused-ring (bicyclic) bond motifs is 1. The zero-order valence-corrected chi connectivity index (χ0v) is 9.85. The molecule has 3 N–H and O–H groups in total. The molecule has 4 heteroatoms. The largest absolute Gasteiger partial charge is 0.399 e. The predicted molar refractivity (Wildman–Crippen MR) is 69.1 cm³/mol. The van der Waals surface area contributed by atoms with Gasteiger partial charge in [0.1, 0.15) is 0 Å². The Morgan fingerprint density at radius 1 is 1.35 bits per heavy atom. The smallest absolute Gasteiger partial charge is 0.203 e. The Hall–Kier alpha value is -1.97. The number of anilines is 2. The van der Waals surface area contributed by atoms with Gasteiger partial charge in [-0.2, -0.15) is 0 Å². The highest BCUT2D eigenvalue weighted by molar-refractivity contribution is 5.42. The van der Waals surface area contributed by atoms with E-state index in [4.69, 9.17) is 5.73 Å². The lowest BCUT2D eigenvalue weighted by atomic mass is 10.0. The molecule has 4 nitrogen and oxygen atoms in total. The normalized spacial score (nSPS) is 18.5. The minimum atomic E-state index is 0.369. The van der Waals surface area contributed by atoms with Gasteiger partial charge in [0.2, 0.25) is 5.95 Å². The molecule has 1 aromatic carbocycles. The number of nitrogens with zero attached hydrogens (tertiary/aromatic N) is 2. The summed E-state index contributed by atoms with van der Waals surface area (Å²) in [5.74, 6) is 0.968. The molecule has 1 aliphatic rings. The van der Waals surface area contributed by atoms with Crippen molar-refractivity contribution >= 4 is 11.6 Å². The summed E-state index contributed by atoms with van der Waals surface area (Å²) in [6, 6.07) is 8.49. The fourth-order valence-corrected chi connectivity index (χ4v) is 2.39. The molecule has 2 aromatic rings. The molecule has 0 fully saturated rings. The van der Waals surface area contributed by atoms with Gasteiger partial charge in [-0.15, -0.1) is 0 Å². The molecule has 0 saturated heterocycles. The minimum Gasteiger partial charge on any atom is -0.399 e. The maximum atomic E-state index is 5.72. The maximum absolute atomic E-state index is 5.72. The van der Waals surface area contributed by atoms with E-state index in [1.165, 1.54) is 5.56 Å². The number of hydrogen-bond donors (Lipinski definition) is 2. The van der Waals surface area contributed by atoms with Crippen LogP contribution in [-0.4, -0.2) is 16.1 Å². The molecule has 1 atom stereocenters. The average Bonchev–Trinajstić information content (AvgIpc) is 2.70. The van der Waals surface area contributed by atoms with E-state index in [1.807, 2.05) is 19.1 Å². The van der Waals surface area contributed by atoms with Crippen molar-refractivity contribution < 1.29 is 0 Å². The second kappa shape index (κ2) is 3.80. The number of benzene rings is 1. The number of aromatic nitrogens is 2. The van der Waals surface area contributed by atoms with Gasteiger partial charge in [0, 0.05) is 18.4 Å². The highest BCUT2D eigenvalue weighted by atomic mass is 15.2. The summed E-state index contributed by atoms with van der Waals surface area (Å²) < 4.78 is 2.21. The SMILES string of the molecule is Cc1cn2c(n1)NCCC2c1ccc(N)cc1. The standard InChI is InChI=1S/C13H16N4/c1-9-8-17-12(6-7-15-13(17)16-9)10-2-4-11(14)5-3-10/h2-5,8,12H,6-7,14H2,1H3,(H,15,16). The van der Waals surface area contributed by atoms with Crippen LogP contribution in [0.3, 0.4) is 0 Å². The lowest BCUT2D eigenvalue weighted by molar-refractivity contribution is 0.530. The molecule has 0 spiro atoms. The number of nitrogen functional groups attached to an aromatic ring is 1. The summed E-state index contributed by atoms with van der Waals surface area (Å²) in [6.45, 7) is 2.98. The van der Waals surface area contributed by atoms with Crippen LogP contribution in [0.5, 0.6) is 0 Å². The summed E-state index contributed by atoms with van der Waals surface area (Å²) >= 11 is 0. The van der Waals surface area contributed by atoms with Gasteiger partial charge in [-0.25, -0.2) is 4.98 Å². The van der Waals surface area contributed by atoms with Crippen LogP contribution >= 0.6 is 0 Å². The first kappa shape index (κ1) is 10.2. The van der Waals surface area contributed by atoms with Gasteiger partial charge in [-0.05, 0) is 31.0 Å². The van der Waals surface area contributed by atoms with Crippen molar-refractivity contribution in [3.63, 3.8) is 0 Å². The quantitative estimate of drug-likeness (QED) is 0.735. The number of nitrogens with two attached hydrogens (primary N) is 1. The molecule has 1 aliphatic heterocycles. The first-order valence-electron chi connectivity index (χ1n) is 5.89.